The van der Waals surface area contributed by atoms with Gasteiger partial charge in [-0.3, -0.25) is 9.69 Å². The molecular weight excluding hydrogens is 364 g/mol. The summed E-state index contributed by atoms with van der Waals surface area (Å²) in [5.74, 6) is 0.798. The molecule has 1 aromatic carbocycles. The summed E-state index contributed by atoms with van der Waals surface area (Å²) >= 11 is 6.07. The third-order valence-corrected chi connectivity index (χ3v) is 6.67. The highest BCUT2D eigenvalue weighted by molar-refractivity contribution is 7.91. The fraction of sp³-hybridized carbons (Fsp3) is 0.588. The molecular formula is C17H25ClN2O4S. The minimum Gasteiger partial charge on any atom is -0.495 e. The molecule has 0 aliphatic carbocycles. The van der Waals surface area contributed by atoms with Crippen LogP contribution < -0.4 is 10.1 Å². The van der Waals surface area contributed by atoms with Crippen LogP contribution in [0.25, 0.3) is 0 Å². The van der Waals surface area contributed by atoms with Crippen molar-refractivity contribution in [2.45, 2.75) is 32.7 Å². The van der Waals surface area contributed by atoms with Crippen LogP contribution in [0.3, 0.4) is 0 Å². The van der Waals surface area contributed by atoms with Crippen LogP contribution >= 0.6 is 11.6 Å². The molecule has 0 spiro atoms. The third-order valence-electron chi connectivity index (χ3n) is 4.51. The second kappa shape index (κ2) is 8.38. The number of anilines is 1. The molecule has 1 saturated heterocycles. The number of carbonyl (C=O) groups is 1. The molecule has 1 amide bonds. The van der Waals surface area contributed by atoms with E-state index in [0.717, 1.165) is 12.1 Å². The zero-order valence-electron chi connectivity index (χ0n) is 14.8. The van der Waals surface area contributed by atoms with Crippen LogP contribution in [-0.2, 0) is 14.6 Å². The number of halogens is 1. The summed E-state index contributed by atoms with van der Waals surface area (Å²) in [6, 6.07) is 3.46. The van der Waals surface area contributed by atoms with E-state index in [-0.39, 0.29) is 29.9 Å². The Balaban J connectivity index is 1.95. The first-order valence-electron chi connectivity index (χ1n) is 8.34. The van der Waals surface area contributed by atoms with Crippen molar-refractivity contribution >= 4 is 33.0 Å². The topological polar surface area (TPSA) is 75.7 Å². The number of amides is 1. The number of carbonyl (C=O) groups excluding carboxylic acids is 1. The highest BCUT2D eigenvalue weighted by Gasteiger charge is 2.31. The van der Waals surface area contributed by atoms with Gasteiger partial charge in [-0.25, -0.2) is 8.42 Å². The van der Waals surface area contributed by atoms with Crippen molar-refractivity contribution < 1.29 is 17.9 Å². The van der Waals surface area contributed by atoms with E-state index in [1.165, 1.54) is 7.11 Å². The number of hydrogen-bond donors (Lipinski definition) is 1. The molecule has 1 aliphatic heterocycles. The molecule has 2 rings (SSSR count). The predicted molar refractivity (Wildman–Crippen MR) is 100 cm³/mol. The fourth-order valence-corrected chi connectivity index (χ4v) is 4.97. The van der Waals surface area contributed by atoms with Crippen molar-refractivity contribution in [3.05, 3.63) is 22.7 Å². The van der Waals surface area contributed by atoms with Gasteiger partial charge in [-0.15, -0.1) is 0 Å². The number of rotatable bonds is 7. The van der Waals surface area contributed by atoms with Crippen LogP contribution in [0.15, 0.2) is 12.1 Å². The Bertz CT molecular complexity index is 736. The number of benzene rings is 1. The largest absolute Gasteiger partial charge is 0.495 e. The third kappa shape index (κ3) is 5.33. The quantitative estimate of drug-likeness (QED) is 0.776. The lowest BCUT2D eigenvalue weighted by Crippen LogP contribution is -2.38. The number of hydrogen-bond acceptors (Lipinski definition) is 5. The van der Waals surface area contributed by atoms with Crippen molar-refractivity contribution in [3.63, 3.8) is 0 Å². The lowest BCUT2D eigenvalue weighted by molar-refractivity contribution is -0.116. The number of nitrogens with one attached hydrogen (secondary N) is 1. The zero-order valence-corrected chi connectivity index (χ0v) is 16.4. The molecule has 0 aromatic heterocycles. The van der Waals surface area contributed by atoms with Gasteiger partial charge in [-0.2, -0.15) is 0 Å². The summed E-state index contributed by atoms with van der Waals surface area (Å²) in [7, 11) is -1.40. The van der Waals surface area contributed by atoms with Crippen LogP contribution in [0, 0.1) is 6.92 Å². The average molecular weight is 389 g/mol. The van der Waals surface area contributed by atoms with Gasteiger partial charge in [0.05, 0.1) is 24.3 Å². The fourth-order valence-electron chi connectivity index (χ4n) is 3.05. The number of ether oxygens (including phenoxy) is 1. The minimum atomic E-state index is -2.93. The zero-order chi connectivity index (χ0) is 18.6. The van der Waals surface area contributed by atoms with Gasteiger partial charge >= 0.3 is 0 Å². The van der Waals surface area contributed by atoms with Crippen LogP contribution in [0.1, 0.15) is 25.3 Å². The van der Waals surface area contributed by atoms with E-state index in [4.69, 9.17) is 16.3 Å². The Morgan fingerprint density at radius 3 is 2.72 bits per heavy atom. The lowest BCUT2D eigenvalue weighted by atomic mass is 10.2. The van der Waals surface area contributed by atoms with Gasteiger partial charge in [0.15, 0.2) is 9.84 Å². The number of nitrogens with zero attached hydrogens (tertiary/aromatic N) is 1. The number of aryl methyl sites for hydroxylation is 1. The van der Waals surface area contributed by atoms with Gasteiger partial charge in [0.25, 0.3) is 0 Å². The Morgan fingerprint density at radius 1 is 1.44 bits per heavy atom. The maximum absolute atomic E-state index is 12.3. The molecule has 1 atom stereocenters. The van der Waals surface area contributed by atoms with Crippen LogP contribution in [0.4, 0.5) is 5.69 Å². The highest BCUT2D eigenvalue weighted by atomic mass is 35.5. The van der Waals surface area contributed by atoms with E-state index in [1.807, 2.05) is 13.8 Å². The standard InChI is InChI=1S/C17H25ClN2O4S/c1-4-20(13-6-8-25(22,23)11-13)7-5-17(21)19-15-9-12(2)14(18)10-16(15)24-3/h9-10,13H,4-8,11H2,1-3H3,(H,19,21). The lowest BCUT2D eigenvalue weighted by Gasteiger charge is -2.26. The predicted octanol–water partition coefficient (Wildman–Crippen LogP) is 2.49. The Morgan fingerprint density at radius 2 is 2.16 bits per heavy atom. The molecule has 0 radical (unpaired) electrons. The summed E-state index contributed by atoms with van der Waals surface area (Å²) in [4.78, 5) is 14.4. The smallest absolute Gasteiger partial charge is 0.225 e. The summed E-state index contributed by atoms with van der Waals surface area (Å²) < 4.78 is 28.5. The van der Waals surface area contributed by atoms with Gasteiger partial charge in [-0.05, 0) is 31.5 Å². The van der Waals surface area contributed by atoms with E-state index in [9.17, 15) is 13.2 Å². The van der Waals surface area contributed by atoms with Gasteiger partial charge in [0.2, 0.25) is 5.91 Å². The Labute approximate surface area is 154 Å². The van der Waals surface area contributed by atoms with E-state index >= 15 is 0 Å². The first-order valence-corrected chi connectivity index (χ1v) is 10.5. The molecule has 1 aromatic rings. The van der Waals surface area contributed by atoms with Crippen LogP contribution in [0.2, 0.25) is 5.02 Å². The van der Waals surface area contributed by atoms with Crippen LogP contribution in [0.5, 0.6) is 5.75 Å². The molecule has 1 fully saturated rings. The summed E-state index contributed by atoms with van der Waals surface area (Å²) in [5, 5.41) is 3.43. The number of sulfone groups is 1. The van der Waals surface area contributed by atoms with Crippen molar-refractivity contribution in [1.82, 2.24) is 4.90 Å². The number of methoxy groups -OCH3 is 1. The van der Waals surface area contributed by atoms with Crippen molar-refractivity contribution in [2.75, 3.05) is 37.0 Å². The molecule has 6 nitrogen and oxygen atoms in total. The van der Waals surface area contributed by atoms with E-state index < -0.39 is 9.84 Å². The van der Waals surface area contributed by atoms with Crippen molar-refractivity contribution in [1.29, 1.82) is 0 Å². The Hall–Kier alpha value is -1.31. The monoisotopic (exact) mass is 388 g/mol. The minimum absolute atomic E-state index is 0.00936. The maximum atomic E-state index is 12.3. The van der Waals surface area contributed by atoms with E-state index in [2.05, 4.69) is 10.2 Å². The van der Waals surface area contributed by atoms with Gasteiger partial charge in [0, 0.05) is 30.1 Å². The molecule has 1 heterocycles. The summed E-state index contributed by atoms with van der Waals surface area (Å²) in [6.07, 6.45) is 0.928. The first kappa shape index (κ1) is 20.0. The summed E-state index contributed by atoms with van der Waals surface area (Å²) in [6.45, 7) is 5.08. The van der Waals surface area contributed by atoms with Crippen molar-refractivity contribution in [2.24, 2.45) is 0 Å². The average Bonchev–Trinajstić information content (AvgIpc) is 2.91. The first-order chi connectivity index (χ1) is 11.8. The van der Waals surface area contributed by atoms with Gasteiger partial charge < -0.3 is 10.1 Å². The molecule has 1 aliphatic rings. The summed E-state index contributed by atoms with van der Waals surface area (Å²) in [5.41, 5.74) is 1.44. The molecule has 25 heavy (non-hydrogen) atoms. The SMILES string of the molecule is CCN(CCC(=O)Nc1cc(C)c(Cl)cc1OC)C1CCS(=O)(=O)C1. The van der Waals surface area contributed by atoms with Crippen LogP contribution in [-0.4, -0.2) is 57.0 Å². The maximum Gasteiger partial charge on any atom is 0.225 e. The van der Waals surface area contributed by atoms with Crippen molar-refractivity contribution in [3.8, 4) is 5.75 Å². The molecule has 140 valence electrons. The molecule has 0 saturated carbocycles. The molecule has 1 N–H and O–H groups in total. The highest BCUT2D eigenvalue weighted by Crippen LogP contribution is 2.31. The second-order valence-electron chi connectivity index (χ2n) is 6.29. The van der Waals surface area contributed by atoms with Gasteiger partial charge in [-0.1, -0.05) is 18.5 Å². The van der Waals surface area contributed by atoms with Gasteiger partial charge in [0.1, 0.15) is 5.75 Å². The molecule has 0 bridgehead atoms. The Kier molecular flexibility index (Phi) is 6.71. The molecule has 8 heteroatoms. The normalized spacial score (nSPS) is 19.2. The molecule has 1 unspecified atom stereocenters. The van der Waals surface area contributed by atoms with E-state index in [1.54, 1.807) is 12.1 Å². The van der Waals surface area contributed by atoms with E-state index in [0.29, 0.717) is 29.4 Å². The second-order valence-corrected chi connectivity index (χ2v) is 8.92.